The van der Waals surface area contributed by atoms with Crippen LogP contribution in [-0.2, 0) is 33.3 Å². The fraction of sp³-hybridized carbons (Fsp3) is 0.579. The summed E-state index contributed by atoms with van der Waals surface area (Å²) < 4.78 is 49.8. The molecule has 1 aromatic carbocycles. The summed E-state index contributed by atoms with van der Waals surface area (Å²) in [5.41, 5.74) is 1.15. The van der Waals surface area contributed by atoms with Crippen LogP contribution in [0, 0.1) is 0 Å². The number of anilines is 2. The molecular formula is C19H22N2O9S. The van der Waals surface area contributed by atoms with E-state index in [1.165, 1.54) is 4.90 Å². The fourth-order valence-electron chi connectivity index (χ4n) is 4.36. The number of cyclic esters (lactones) is 1. The maximum Gasteiger partial charge on any atom is 0.415 e. The number of hydrogen-bond acceptors (Lipinski definition) is 9. The highest BCUT2D eigenvalue weighted by Gasteiger charge is 2.48. The summed E-state index contributed by atoms with van der Waals surface area (Å²) in [7, 11) is -3.67. The van der Waals surface area contributed by atoms with Gasteiger partial charge in [-0.25, -0.2) is 4.79 Å². The standard InChI is InChI=1S/C19H22N2O9S/c1-31(24,25)29-11-16-14-10-26-15-8-12(2-3-13(15)21(14)18(23)30-16)20-5-4-19(9-17(20)22)27-6-7-28-19/h2-3,8,14,16H,4-7,9-11H2,1H3. The molecule has 2 amide bonds. The average Bonchev–Trinajstić information content (AvgIpc) is 3.30. The molecule has 1 spiro atoms. The topological polar surface area (TPSA) is 121 Å². The van der Waals surface area contributed by atoms with Crippen LogP contribution in [0.2, 0.25) is 0 Å². The minimum absolute atomic E-state index is 0.110. The molecule has 12 heteroatoms. The highest BCUT2D eigenvalue weighted by atomic mass is 32.2. The van der Waals surface area contributed by atoms with Gasteiger partial charge in [-0.15, -0.1) is 0 Å². The van der Waals surface area contributed by atoms with Gasteiger partial charge in [0.25, 0.3) is 10.1 Å². The molecule has 2 unspecified atom stereocenters. The third-order valence-electron chi connectivity index (χ3n) is 5.83. The van der Waals surface area contributed by atoms with Crippen LogP contribution in [0.25, 0.3) is 0 Å². The highest BCUT2D eigenvalue weighted by Crippen LogP contribution is 2.42. The molecule has 4 aliphatic heterocycles. The molecule has 4 aliphatic rings. The predicted molar refractivity (Wildman–Crippen MR) is 105 cm³/mol. The van der Waals surface area contributed by atoms with Gasteiger partial charge in [0.05, 0.1) is 31.6 Å². The molecule has 31 heavy (non-hydrogen) atoms. The van der Waals surface area contributed by atoms with E-state index >= 15 is 0 Å². The normalized spacial score (nSPS) is 27.1. The third kappa shape index (κ3) is 3.73. The molecule has 0 aromatic heterocycles. The monoisotopic (exact) mass is 454 g/mol. The number of benzene rings is 1. The van der Waals surface area contributed by atoms with Crippen molar-refractivity contribution in [3.63, 3.8) is 0 Å². The lowest BCUT2D eigenvalue weighted by atomic mass is 10.0. The Morgan fingerprint density at radius 1 is 1.23 bits per heavy atom. The largest absolute Gasteiger partial charge is 0.489 e. The number of ether oxygens (including phenoxy) is 4. The number of carbonyl (C=O) groups excluding carboxylic acids is 2. The summed E-state index contributed by atoms with van der Waals surface area (Å²) in [6.45, 7) is 1.25. The molecular weight excluding hydrogens is 432 g/mol. The summed E-state index contributed by atoms with van der Waals surface area (Å²) in [5, 5.41) is 0. The molecule has 0 saturated carbocycles. The number of fused-ring (bicyclic) bond motifs is 3. The van der Waals surface area contributed by atoms with Crippen LogP contribution in [0.5, 0.6) is 5.75 Å². The van der Waals surface area contributed by atoms with Gasteiger partial charge in [-0.2, -0.15) is 8.42 Å². The Bertz CT molecular complexity index is 1020. The molecule has 2 atom stereocenters. The first-order chi connectivity index (χ1) is 14.7. The van der Waals surface area contributed by atoms with Crippen molar-refractivity contribution in [3.05, 3.63) is 18.2 Å². The summed E-state index contributed by atoms with van der Waals surface area (Å²) in [4.78, 5) is 28.3. The number of carbonyl (C=O) groups is 2. The van der Waals surface area contributed by atoms with E-state index in [0.29, 0.717) is 43.3 Å². The van der Waals surface area contributed by atoms with Crippen LogP contribution < -0.4 is 14.5 Å². The molecule has 0 N–H and O–H groups in total. The number of rotatable bonds is 4. The quantitative estimate of drug-likeness (QED) is 0.603. The van der Waals surface area contributed by atoms with Gasteiger partial charge in [0.2, 0.25) is 5.91 Å². The van der Waals surface area contributed by atoms with Crippen molar-refractivity contribution in [1.29, 1.82) is 0 Å². The minimum Gasteiger partial charge on any atom is -0.489 e. The van der Waals surface area contributed by atoms with Crippen molar-refractivity contribution in [2.75, 3.05) is 49.0 Å². The maximum atomic E-state index is 12.7. The van der Waals surface area contributed by atoms with E-state index in [1.54, 1.807) is 23.1 Å². The van der Waals surface area contributed by atoms with Crippen molar-refractivity contribution in [2.45, 2.75) is 30.8 Å². The Morgan fingerprint density at radius 3 is 2.71 bits per heavy atom. The SMILES string of the molecule is CS(=O)(=O)OCC1OC(=O)N2c3ccc(N4CCC5(CC4=O)OCCO5)cc3OCC12. The number of hydrogen-bond donors (Lipinski definition) is 0. The lowest BCUT2D eigenvalue weighted by Crippen LogP contribution is -2.49. The van der Waals surface area contributed by atoms with Gasteiger partial charge >= 0.3 is 6.09 Å². The minimum atomic E-state index is -3.67. The lowest BCUT2D eigenvalue weighted by Gasteiger charge is -2.37. The van der Waals surface area contributed by atoms with E-state index in [2.05, 4.69) is 0 Å². The number of amides is 2. The Morgan fingerprint density at radius 2 is 2.00 bits per heavy atom. The van der Waals surface area contributed by atoms with Gasteiger partial charge < -0.3 is 23.8 Å². The fourth-order valence-corrected chi connectivity index (χ4v) is 4.74. The van der Waals surface area contributed by atoms with Crippen molar-refractivity contribution in [1.82, 2.24) is 0 Å². The van der Waals surface area contributed by atoms with Crippen molar-refractivity contribution < 1.29 is 41.1 Å². The second-order valence-corrected chi connectivity index (χ2v) is 9.53. The summed E-state index contributed by atoms with van der Waals surface area (Å²) in [6.07, 6.45) is 0.272. The van der Waals surface area contributed by atoms with Crippen LogP contribution >= 0.6 is 0 Å². The molecule has 0 radical (unpaired) electrons. The Balaban J connectivity index is 1.33. The Labute approximate surface area is 178 Å². The number of nitrogens with zero attached hydrogens (tertiary/aromatic N) is 2. The highest BCUT2D eigenvalue weighted by molar-refractivity contribution is 7.85. The first-order valence-corrected chi connectivity index (χ1v) is 11.8. The second kappa shape index (κ2) is 7.33. The van der Waals surface area contributed by atoms with Crippen LogP contribution in [0.3, 0.4) is 0 Å². The van der Waals surface area contributed by atoms with E-state index in [9.17, 15) is 18.0 Å². The predicted octanol–water partition coefficient (Wildman–Crippen LogP) is 0.619. The van der Waals surface area contributed by atoms with Crippen molar-refractivity contribution in [3.8, 4) is 5.75 Å². The molecule has 11 nitrogen and oxygen atoms in total. The molecule has 168 valence electrons. The van der Waals surface area contributed by atoms with E-state index in [0.717, 1.165) is 6.26 Å². The summed E-state index contributed by atoms with van der Waals surface area (Å²) in [6, 6.07) is 4.63. The Kier molecular flexibility index (Phi) is 4.84. The molecule has 3 fully saturated rings. The van der Waals surface area contributed by atoms with E-state index in [1.807, 2.05) is 0 Å². The van der Waals surface area contributed by atoms with E-state index in [4.69, 9.17) is 23.1 Å². The van der Waals surface area contributed by atoms with Crippen LogP contribution in [0.1, 0.15) is 12.8 Å². The zero-order valence-electron chi connectivity index (χ0n) is 16.8. The zero-order chi connectivity index (χ0) is 21.8. The van der Waals surface area contributed by atoms with Crippen LogP contribution in [-0.4, -0.2) is 77.6 Å². The maximum absolute atomic E-state index is 12.7. The molecule has 0 aliphatic carbocycles. The van der Waals surface area contributed by atoms with Crippen molar-refractivity contribution in [2.24, 2.45) is 0 Å². The van der Waals surface area contributed by atoms with Gasteiger partial charge in [-0.3, -0.25) is 13.9 Å². The van der Waals surface area contributed by atoms with E-state index < -0.39 is 34.1 Å². The molecule has 5 rings (SSSR count). The second-order valence-electron chi connectivity index (χ2n) is 7.89. The van der Waals surface area contributed by atoms with Gasteiger partial charge in [0.1, 0.15) is 25.0 Å². The smallest absolute Gasteiger partial charge is 0.415 e. The van der Waals surface area contributed by atoms with Crippen LogP contribution in [0.15, 0.2) is 18.2 Å². The summed E-state index contributed by atoms with van der Waals surface area (Å²) in [5.74, 6) is -0.481. The van der Waals surface area contributed by atoms with Gasteiger partial charge in [0, 0.05) is 24.7 Å². The summed E-state index contributed by atoms with van der Waals surface area (Å²) >= 11 is 0. The first-order valence-electron chi connectivity index (χ1n) is 9.94. The molecule has 1 aromatic rings. The molecule has 4 heterocycles. The first kappa shape index (κ1) is 20.5. The average molecular weight is 454 g/mol. The van der Waals surface area contributed by atoms with Gasteiger partial charge in [-0.1, -0.05) is 0 Å². The molecule has 0 bridgehead atoms. The lowest BCUT2D eigenvalue weighted by molar-refractivity contribution is -0.177. The molecule has 3 saturated heterocycles. The zero-order valence-corrected chi connectivity index (χ0v) is 17.6. The Hall–Kier alpha value is -2.41. The third-order valence-corrected chi connectivity index (χ3v) is 6.40. The van der Waals surface area contributed by atoms with Crippen molar-refractivity contribution >= 4 is 33.5 Å². The van der Waals surface area contributed by atoms with E-state index in [-0.39, 0.29) is 25.5 Å². The number of piperidine rings is 1. The van der Waals surface area contributed by atoms with Crippen LogP contribution in [0.4, 0.5) is 16.2 Å². The van der Waals surface area contributed by atoms with Gasteiger partial charge in [0.15, 0.2) is 11.9 Å². The van der Waals surface area contributed by atoms with Gasteiger partial charge in [-0.05, 0) is 12.1 Å².